The highest BCUT2D eigenvalue weighted by molar-refractivity contribution is 4.88. The van der Waals surface area contributed by atoms with Gasteiger partial charge in [0.05, 0.1) is 0 Å². The third-order valence-electron chi connectivity index (χ3n) is 3.11. The maximum absolute atomic E-state index is 8.92. The molecule has 0 aliphatic heterocycles. The van der Waals surface area contributed by atoms with E-state index in [9.17, 15) is 0 Å². The maximum Gasteiger partial charge on any atom is 0.0445 e. The van der Waals surface area contributed by atoms with E-state index in [0.29, 0.717) is 24.6 Å². The first kappa shape index (κ1) is 11.0. The molecule has 0 aromatic carbocycles. The Kier molecular flexibility index (Phi) is 4.20. The van der Waals surface area contributed by atoms with Gasteiger partial charge >= 0.3 is 0 Å². The molecule has 0 amide bonds. The van der Waals surface area contributed by atoms with Crippen molar-refractivity contribution < 1.29 is 5.11 Å². The highest BCUT2D eigenvalue weighted by Crippen LogP contribution is 2.34. The second kappa shape index (κ2) is 4.97. The molecule has 78 valence electrons. The van der Waals surface area contributed by atoms with Crippen molar-refractivity contribution in [1.82, 2.24) is 5.32 Å². The Hall–Kier alpha value is -0.0800. The van der Waals surface area contributed by atoms with Crippen LogP contribution in [0.2, 0.25) is 0 Å². The van der Waals surface area contributed by atoms with Gasteiger partial charge in [-0.2, -0.15) is 0 Å². The monoisotopic (exact) mass is 185 g/mol. The van der Waals surface area contributed by atoms with Gasteiger partial charge in [-0.05, 0) is 38.0 Å². The minimum Gasteiger partial charge on any atom is -0.396 e. The van der Waals surface area contributed by atoms with Crippen molar-refractivity contribution in [2.75, 3.05) is 6.61 Å². The predicted molar refractivity (Wildman–Crippen MR) is 55.7 cm³/mol. The Morgan fingerprint density at radius 1 is 1.31 bits per heavy atom. The third kappa shape index (κ3) is 3.65. The lowest BCUT2D eigenvalue weighted by Gasteiger charge is -2.25. The Bertz CT molecular complexity index is 143. The normalized spacial score (nSPS) is 21.9. The fourth-order valence-electron chi connectivity index (χ4n) is 1.62. The molecule has 1 saturated carbocycles. The van der Waals surface area contributed by atoms with Crippen LogP contribution in [0.1, 0.15) is 40.0 Å². The number of hydrogen-bond donors (Lipinski definition) is 2. The molecule has 1 aliphatic carbocycles. The number of nitrogens with one attached hydrogen (secondary N) is 1. The largest absolute Gasteiger partial charge is 0.396 e. The van der Waals surface area contributed by atoms with E-state index in [1.165, 1.54) is 12.8 Å². The number of rotatable bonds is 6. The molecule has 1 rings (SSSR count). The summed E-state index contributed by atoms with van der Waals surface area (Å²) >= 11 is 0. The molecule has 2 nitrogen and oxygen atoms in total. The van der Waals surface area contributed by atoms with E-state index in [-0.39, 0.29) is 0 Å². The molecular formula is C11H23NO. The Balaban J connectivity index is 2.28. The summed E-state index contributed by atoms with van der Waals surface area (Å²) in [5.74, 6) is 1.52. The Labute approximate surface area is 81.7 Å². The summed E-state index contributed by atoms with van der Waals surface area (Å²) in [7, 11) is 0. The molecule has 0 bridgehead atoms. The van der Waals surface area contributed by atoms with Gasteiger partial charge in [-0.25, -0.2) is 0 Å². The van der Waals surface area contributed by atoms with E-state index >= 15 is 0 Å². The van der Waals surface area contributed by atoms with Crippen LogP contribution in [-0.4, -0.2) is 23.8 Å². The van der Waals surface area contributed by atoms with E-state index in [4.69, 9.17) is 5.11 Å². The second-order valence-corrected chi connectivity index (χ2v) is 4.66. The fraction of sp³-hybridized carbons (Fsp3) is 1.00. The van der Waals surface area contributed by atoms with Crippen LogP contribution in [0.4, 0.5) is 0 Å². The number of hydrogen-bond acceptors (Lipinski definition) is 2. The summed E-state index contributed by atoms with van der Waals surface area (Å²) in [6.07, 6.45) is 3.62. The zero-order chi connectivity index (χ0) is 9.84. The molecule has 0 saturated heterocycles. The van der Waals surface area contributed by atoms with E-state index < -0.39 is 0 Å². The van der Waals surface area contributed by atoms with Crippen LogP contribution in [0.15, 0.2) is 0 Å². The van der Waals surface area contributed by atoms with Gasteiger partial charge < -0.3 is 10.4 Å². The zero-order valence-electron chi connectivity index (χ0n) is 9.09. The summed E-state index contributed by atoms with van der Waals surface area (Å²) in [6.45, 7) is 7.03. The van der Waals surface area contributed by atoms with Gasteiger partial charge in [-0.15, -0.1) is 0 Å². The summed E-state index contributed by atoms with van der Waals surface area (Å²) in [4.78, 5) is 0. The van der Waals surface area contributed by atoms with Crippen LogP contribution in [0.3, 0.4) is 0 Å². The van der Waals surface area contributed by atoms with E-state index in [1.54, 1.807) is 0 Å². The topological polar surface area (TPSA) is 32.3 Å². The van der Waals surface area contributed by atoms with Crippen molar-refractivity contribution in [2.45, 2.75) is 52.1 Å². The molecule has 0 spiro atoms. The van der Waals surface area contributed by atoms with E-state index in [2.05, 4.69) is 26.1 Å². The average Bonchev–Trinajstić information content (AvgIpc) is 2.85. The molecule has 2 unspecified atom stereocenters. The van der Waals surface area contributed by atoms with Crippen LogP contribution in [0, 0.1) is 11.8 Å². The summed E-state index contributed by atoms with van der Waals surface area (Å²) in [5.41, 5.74) is 0. The van der Waals surface area contributed by atoms with E-state index in [1.807, 2.05) is 0 Å². The average molecular weight is 185 g/mol. The van der Waals surface area contributed by atoms with Crippen molar-refractivity contribution in [3.05, 3.63) is 0 Å². The van der Waals surface area contributed by atoms with Gasteiger partial charge in [0.1, 0.15) is 0 Å². The van der Waals surface area contributed by atoms with Crippen molar-refractivity contribution >= 4 is 0 Å². The van der Waals surface area contributed by atoms with Gasteiger partial charge in [0.25, 0.3) is 0 Å². The fourth-order valence-corrected chi connectivity index (χ4v) is 1.62. The van der Waals surface area contributed by atoms with Crippen LogP contribution < -0.4 is 5.32 Å². The maximum atomic E-state index is 8.92. The molecule has 2 atom stereocenters. The number of aliphatic hydroxyl groups is 1. The van der Waals surface area contributed by atoms with E-state index in [0.717, 1.165) is 12.3 Å². The summed E-state index contributed by atoms with van der Waals surface area (Å²) in [5, 5.41) is 12.5. The molecule has 1 aliphatic rings. The smallest absolute Gasteiger partial charge is 0.0445 e. The summed E-state index contributed by atoms with van der Waals surface area (Å²) < 4.78 is 0. The highest BCUT2D eigenvalue weighted by Gasteiger charge is 2.31. The SMILES string of the molecule is CC(C)C(C)NC(CCO)C1CC1. The van der Waals surface area contributed by atoms with Gasteiger partial charge in [0, 0.05) is 18.7 Å². The molecule has 0 aromatic rings. The van der Waals surface area contributed by atoms with Crippen molar-refractivity contribution in [3.8, 4) is 0 Å². The van der Waals surface area contributed by atoms with Crippen LogP contribution in [0.5, 0.6) is 0 Å². The molecule has 13 heavy (non-hydrogen) atoms. The summed E-state index contributed by atoms with van der Waals surface area (Å²) in [6, 6.07) is 1.12. The van der Waals surface area contributed by atoms with Crippen LogP contribution >= 0.6 is 0 Å². The minimum absolute atomic E-state index is 0.318. The van der Waals surface area contributed by atoms with Crippen LogP contribution in [-0.2, 0) is 0 Å². The first-order chi connectivity index (χ1) is 6.15. The first-order valence-corrected chi connectivity index (χ1v) is 5.52. The zero-order valence-corrected chi connectivity index (χ0v) is 9.09. The Morgan fingerprint density at radius 2 is 1.92 bits per heavy atom. The molecule has 2 heteroatoms. The molecule has 0 aromatic heterocycles. The minimum atomic E-state index is 0.318. The van der Waals surface area contributed by atoms with Crippen LogP contribution in [0.25, 0.3) is 0 Å². The Morgan fingerprint density at radius 3 is 2.31 bits per heavy atom. The van der Waals surface area contributed by atoms with Gasteiger partial charge in [-0.3, -0.25) is 0 Å². The molecule has 0 heterocycles. The quantitative estimate of drug-likeness (QED) is 0.661. The van der Waals surface area contributed by atoms with Gasteiger partial charge in [-0.1, -0.05) is 13.8 Å². The molecular weight excluding hydrogens is 162 g/mol. The number of aliphatic hydroxyl groups excluding tert-OH is 1. The standard InChI is InChI=1S/C11H23NO/c1-8(2)9(3)12-11(6-7-13)10-4-5-10/h8-13H,4-7H2,1-3H3. The lowest BCUT2D eigenvalue weighted by Crippen LogP contribution is -2.41. The highest BCUT2D eigenvalue weighted by atomic mass is 16.3. The molecule has 2 N–H and O–H groups in total. The first-order valence-electron chi connectivity index (χ1n) is 5.52. The lowest BCUT2D eigenvalue weighted by atomic mass is 10.0. The molecule has 0 radical (unpaired) electrons. The second-order valence-electron chi connectivity index (χ2n) is 4.66. The third-order valence-corrected chi connectivity index (χ3v) is 3.11. The van der Waals surface area contributed by atoms with Crippen molar-refractivity contribution in [2.24, 2.45) is 11.8 Å². The van der Waals surface area contributed by atoms with Gasteiger partial charge in [0.2, 0.25) is 0 Å². The van der Waals surface area contributed by atoms with Gasteiger partial charge in [0.15, 0.2) is 0 Å². The van der Waals surface area contributed by atoms with Crippen molar-refractivity contribution in [3.63, 3.8) is 0 Å². The lowest BCUT2D eigenvalue weighted by molar-refractivity contribution is 0.241. The predicted octanol–water partition coefficient (Wildman–Crippen LogP) is 1.78. The van der Waals surface area contributed by atoms with Crippen molar-refractivity contribution in [1.29, 1.82) is 0 Å². The molecule has 1 fully saturated rings.